The summed E-state index contributed by atoms with van der Waals surface area (Å²) in [5.41, 5.74) is 18.5. The number of aromatic nitrogens is 1. The summed E-state index contributed by atoms with van der Waals surface area (Å²) in [6, 6.07) is -10.0. The number of aliphatic hydroxyl groups is 1. The van der Waals surface area contributed by atoms with Gasteiger partial charge in [0.05, 0.1) is 57.8 Å². The summed E-state index contributed by atoms with van der Waals surface area (Å²) in [4.78, 5) is 259. The van der Waals surface area contributed by atoms with Crippen molar-refractivity contribution in [3.05, 3.63) is 65.9 Å². The maximum absolute atomic E-state index is 14.7. The summed E-state index contributed by atoms with van der Waals surface area (Å²) in [6.07, 6.45) is -7.31. The van der Waals surface area contributed by atoms with E-state index in [1.54, 1.807) is 37.4 Å². The summed E-state index contributed by atoms with van der Waals surface area (Å²) < 4.78 is 5.64. The van der Waals surface area contributed by atoms with Crippen LogP contribution in [0.3, 0.4) is 0 Å². The number of carbonyl (C=O) groups is 19. The molecule has 0 bridgehead atoms. The Morgan fingerprint density at radius 3 is 1.72 bits per heavy atom. The minimum Gasteiger partial charge on any atom is -0.481 e. The van der Waals surface area contributed by atoms with E-state index in [0.29, 0.717) is 22.9 Å². The number of para-hydroxylation sites is 2. The van der Waals surface area contributed by atoms with Gasteiger partial charge in [-0.15, -0.1) is 0 Å². The Balaban J connectivity index is 1.86. The molecule has 1 aliphatic rings. The largest absolute Gasteiger partial charge is 0.481 e. The van der Waals surface area contributed by atoms with Crippen LogP contribution in [0.4, 0.5) is 5.69 Å². The first-order valence-corrected chi connectivity index (χ1v) is 32.2. The number of carboxylic acid groups (broad SMARTS) is 4. The minimum atomic E-state index is -2.40. The molecule has 2 heterocycles. The number of nitrogens with one attached hydrogen (secondary N) is 13. The summed E-state index contributed by atoms with van der Waals surface area (Å²) in [7, 11) is 0. The molecule has 1 aliphatic heterocycles. The van der Waals surface area contributed by atoms with E-state index in [1.165, 1.54) is 24.3 Å². The molecule has 566 valence electrons. The van der Waals surface area contributed by atoms with E-state index < -0.39 is 249 Å². The lowest BCUT2D eigenvalue weighted by molar-refractivity contribution is -0.156. The minimum absolute atomic E-state index is 0.138. The summed E-state index contributed by atoms with van der Waals surface area (Å²) >= 11 is 0. The zero-order valence-corrected chi connectivity index (χ0v) is 56.5. The van der Waals surface area contributed by atoms with Crippen molar-refractivity contribution in [2.24, 2.45) is 17.4 Å². The standard InChI is InChI=1S/C63H84N16O25/c1-5-6-14-36-56(96)75-39(21-49(89)90)57(97)70-28(3)53(93)73-38(20-48(87)88)55(95)68-24-46(84)72-42(26-80)60(100)78-51(27(2)16-47(85)86)62(102)77-41(18-43(81)32-12-7-9-13-33(32)64)63(103)104-29(4)52(61(101)69-25-45(83)71-36)79-59(99)40(22-50(91)92)76-58(98)37(19-44(66)82)74-54(94)34(65)17-30-23-67-35-15-10-8-11-31(30)35/h7-13,15,23,27-29,34,36-42,51-52,67,80H,5-6,14,16-22,24-26,64-65H2,1-4H3,(H2,66,82)(H,68,95)(H,69,101)(H,70,97)(H,71,83)(H,72,84)(H,73,93)(H,74,94)(H,75,96)(H,76,98)(H,77,102)(H,78,100)(H,79,99)(H,85,86)(H,87,88)(H,89,90)(H,91,92)/t27?,28?,29?,34-,36?,37-,38?,39?,40?,41?,42?,51?,52?/m1/s1. The first-order chi connectivity index (χ1) is 48.9. The Morgan fingerprint density at radius 2 is 1.12 bits per heavy atom. The quantitative estimate of drug-likeness (QED) is 0.0202. The number of anilines is 1. The second-order valence-electron chi connectivity index (χ2n) is 24.1. The molecule has 0 radical (unpaired) electrons. The number of ether oxygens (including phenoxy) is 1. The summed E-state index contributed by atoms with van der Waals surface area (Å²) in [5.74, 6) is -28.7. The molecule has 13 amide bonds. The van der Waals surface area contributed by atoms with Crippen molar-refractivity contribution in [3.8, 4) is 0 Å². The lowest BCUT2D eigenvalue weighted by Crippen LogP contribution is -2.61. The van der Waals surface area contributed by atoms with Gasteiger partial charge in [-0.2, -0.15) is 0 Å². The van der Waals surface area contributed by atoms with Crippen molar-refractivity contribution in [1.82, 2.24) is 68.8 Å². The highest BCUT2D eigenvalue weighted by Gasteiger charge is 2.41. The van der Waals surface area contributed by atoms with Crippen molar-refractivity contribution >= 4 is 129 Å². The van der Waals surface area contributed by atoms with Crippen LogP contribution in [-0.4, -0.2) is 235 Å². The number of rotatable bonds is 26. The smallest absolute Gasteiger partial charge is 0.329 e. The predicted molar refractivity (Wildman–Crippen MR) is 355 cm³/mol. The van der Waals surface area contributed by atoms with Crippen molar-refractivity contribution in [1.29, 1.82) is 0 Å². The molecule has 1 fully saturated rings. The molecule has 2 aromatic carbocycles. The number of primary amides is 1. The van der Waals surface area contributed by atoms with Crippen LogP contribution in [0.25, 0.3) is 10.9 Å². The third-order valence-electron chi connectivity index (χ3n) is 15.7. The number of carboxylic acids is 4. The summed E-state index contributed by atoms with van der Waals surface area (Å²) in [5, 5.41) is 75.6. The highest BCUT2D eigenvalue weighted by molar-refractivity contribution is 6.05. The van der Waals surface area contributed by atoms with Gasteiger partial charge in [-0.1, -0.05) is 57.0 Å². The number of aromatic amines is 1. The van der Waals surface area contributed by atoms with Gasteiger partial charge in [-0.3, -0.25) is 86.3 Å². The Hall–Kier alpha value is -12.2. The highest BCUT2D eigenvalue weighted by Crippen LogP contribution is 2.20. The molecule has 104 heavy (non-hydrogen) atoms. The SMILES string of the molecule is CCCCC1NC(=O)CNC(=O)C(NC(=O)C(CC(=O)O)NC(=O)[C@@H](CC(N)=O)NC(=O)[C@H](N)Cc2c[nH]c3ccccc23)C(C)OC(=O)C(CC(=O)c2ccccc2N)NC(=O)C(C(C)CC(=O)O)NC(=O)C(CO)NC(=O)CNC(=O)C(CC(=O)O)NC(=O)C(C)NC(=O)C(CC(=O)O)NC1=O. The number of hydrogen-bond donors (Lipinski definition) is 21. The van der Waals surface area contributed by atoms with Crippen LogP contribution < -0.4 is 81.0 Å². The highest BCUT2D eigenvalue weighted by atomic mass is 16.5. The number of aliphatic hydroxyl groups excluding tert-OH is 1. The number of hydrogen-bond acceptors (Lipinski definition) is 23. The van der Waals surface area contributed by atoms with Gasteiger partial charge in [0.1, 0.15) is 66.5 Å². The van der Waals surface area contributed by atoms with E-state index in [4.69, 9.17) is 21.9 Å². The molecular weight excluding hydrogens is 1380 g/mol. The summed E-state index contributed by atoms with van der Waals surface area (Å²) in [6.45, 7) is 0.975. The number of amides is 13. The number of benzene rings is 2. The number of ketones is 1. The van der Waals surface area contributed by atoms with Crippen molar-refractivity contribution in [2.75, 3.05) is 25.4 Å². The number of unbranched alkanes of at least 4 members (excludes halogenated alkanes) is 1. The van der Waals surface area contributed by atoms with E-state index in [9.17, 15) is 117 Å². The van der Waals surface area contributed by atoms with Gasteiger partial charge >= 0.3 is 29.8 Å². The second-order valence-corrected chi connectivity index (χ2v) is 24.1. The zero-order chi connectivity index (χ0) is 77.8. The topological polar surface area (TPSA) is 673 Å². The number of nitrogens with two attached hydrogens (primary N) is 3. The Kier molecular flexibility index (Phi) is 32.7. The van der Waals surface area contributed by atoms with E-state index >= 15 is 0 Å². The molecule has 0 aliphatic carbocycles. The second kappa shape index (κ2) is 40.3. The van der Waals surface area contributed by atoms with Crippen molar-refractivity contribution in [2.45, 2.75) is 164 Å². The van der Waals surface area contributed by atoms with E-state index in [2.05, 4.69) is 52.8 Å². The fourth-order valence-corrected chi connectivity index (χ4v) is 10.2. The number of fused-ring (bicyclic) bond motifs is 1. The van der Waals surface area contributed by atoms with Gasteiger partial charge < -0.3 is 116 Å². The van der Waals surface area contributed by atoms with Crippen LogP contribution >= 0.6 is 0 Å². The fraction of sp³-hybridized carbons (Fsp3) is 0.476. The average Bonchev–Trinajstić information content (AvgIpc) is 1.32. The molecule has 41 heteroatoms. The molecule has 0 spiro atoms. The van der Waals surface area contributed by atoms with Crippen molar-refractivity contribution < 1.29 is 121 Å². The average molecular weight is 1470 g/mol. The maximum Gasteiger partial charge on any atom is 0.329 e. The third kappa shape index (κ3) is 26.7. The van der Waals surface area contributed by atoms with E-state index in [0.717, 1.165) is 20.8 Å². The fourth-order valence-electron chi connectivity index (χ4n) is 10.2. The number of aliphatic carboxylic acids is 4. The van der Waals surface area contributed by atoms with Crippen LogP contribution in [0.5, 0.6) is 0 Å². The normalized spacial score (nSPS) is 22.2. The van der Waals surface area contributed by atoms with Crippen LogP contribution in [-0.2, 0) is 97.5 Å². The van der Waals surface area contributed by atoms with Gasteiger partial charge in [0.2, 0.25) is 76.8 Å². The number of esters is 1. The number of cyclic esters (lactones) is 1. The molecule has 11 unspecified atom stereocenters. The lowest BCUT2D eigenvalue weighted by atomic mass is 9.96. The number of H-pyrrole nitrogens is 1. The van der Waals surface area contributed by atoms with E-state index in [1.807, 2.05) is 16.0 Å². The molecule has 41 nitrogen and oxygen atoms in total. The molecule has 0 saturated carbocycles. The molecule has 3 aromatic rings. The molecular formula is C63H84N16O25. The van der Waals surface area contributed by atoms with Crippen LogP contribution in [0.2, 0.25) is 0 Å². The first-order valence-electron chi connectivity index (χ1n) is 32.2. The van der Waals surface area contributed by atoms with Gasteiger partial charge in [0, 0.05) is 34.8 Å². The van der Waals surface area contributed by atoms with Crippen LogP contribution in [0, 0.1) is 5.92 Å². The van der Waals surface area contributed by atoms with Crippen LogP contribution in [0.1, 0.15) is 101 Å². The zero-order valence-electron chi connectivity index (χ0n) is 56.5. The Morgan fingerprint density at radius 1 is 0.587 bits per heavy atom. The number of carbonyl (C=O) groups excluding carboxylic acids is 15. The Bertz CT molecular complexity index is 3750. The van der Waals surface area contributed by atoms with Crippen LogP contribution in [0.15, 0.2) is 54.7 Å². The van der Waals surface area contributed by atoms with Gasteiger partial charge in [-0.25, -0.2) is 4.79 Å². The lowest BCUT2D eigenvalue weighted by Gasteiger charge is -2.30. The maximum atomic E-state index is 14.7. The first kappa shape index (κ1) is 84.2. The van der Waals surface area contributed by atoms with Crippen molar-refractivity contribution in [3.63, 3.8) is 0 Å². The van der Waals surface area contributed by atoms with Gasteiger partial charge in [0.25, 0.3) is 0 Å². The monoisotopic (exact) mass is 1460 g/mol. The van der Waals surface area contributed by atoms with E-state index in [-0.39, 0.29) is 30.5 Å². The molecule has 1 saturated heterocycles. The van der Waals surface area contributed by atoms with Gasteiger partial charge in [0.15, 0.2) is 5.78 Å². The van der Waals surface area contributed by atoms with Gasteiger partial charge in [-0.05, 0) is 56.4 Å². The molecule has 1 aromatic heterocycles. The number of nitrogen functional groups attached to an aromatic ring is 1. The molecule has 13 atom stereocenters. The third-order valence-corrected chi connectivity index (χ3v) is 15.7. The molecule has 4 rings (SSSR count). The number of Topliss-reactive ketones (excluding diaryl/α,β-unsaturated/α-hetero) is 1. The Labute approximate surface area is 590 Å². The predicted octanol–water partition coefficient (Wildman–Crippen LogP) is -7.47. The molecule has 24 N–H and O–H groups in total.